The van der Waals surface area contributed by atoms with Crippen molar-refractivity contribution in [1.29, 1.82) is 0 Å². The van der Waals surface area contributed by atoms with Gasteiger partial charge in [-0.25, -0.2) is 9.97 Å². The molecule has 2 aromatic carbocycles. The summed E-state index contributed by atoms with van der Waals surface area (Å²) < 4.78 is 5.19. The van der Waals surface area contributed by atoms with Crippen LogP contribution in [-0.2, 0) is 9.53 Å². The number of fused-ring (bicyclic) bond motifs is 2. The molecule has 2 aromatic heterocycles. The Labute approximate surface area is 175 Å². The van der Waals surface area contributed by atoms with E-state index >= 15 is 0 Å². The lowest BCUT2D eigenvalue weighted by atomic mass is 9.85. The largest absolute Gasteiger partial charge is 0.481 e. The van der Waals surface area contributed by atoms with Crippen LogP contribution in [-0.4, -0.2) is 34.8 Å². The van der Waals surface area contributed by atoms with Crippen LogP contribution < -0.4 is 0 Å². The van der Waals surface area contributed by atoms with E-state index in [-0.39, 0.29) is 0 Å². The van der Waals surface area contributed by atoms with E-state index in [0.717, 1.165) is 38.5 Å². The molecule has 1 unspecified atom stereocenters. The Morgan fingerprint density at radius 1 is 1.07 bits per heavy atom. The Bertz CT molecular complexity index is 1230. The molecule has 2 heterocycles. The van der Waals surface area contributed by atoms with Crippen molar-refractivity contribution in [3.8, 4) is 11.1 Å². The summed E-state index contributed by atoms with van der Waals surface area (Å²) in [6, 6.07) is 18.1. The van der Waals surface area contributed by atoms with Crippen LogP contribution in [0.2, 0.25) is 0 Å². The van der Waals surface area contributed by atoms with Gasteiger partial charge in [-0.1, -0.05) is 48.0 Å². The van der Waals surface area contributed by atoms with Crippen LogP contribution in [0.4, 0.5) is 0 Å². The lowest BCUT2D eigenvalue weighted by molar-refractivity contribution is -0.139. The van der Waals surface area contributed by atoms with Crippen LogP contribution in [0.5, 0.6) is 0 Å². The maximum absolute atomic E-state index is 12.2. The zero-order chi connectivity index (χ0) is 21.3. The lowest BCUT2D eigenvalue weighted by Gasteiger charge is -2.21. The Morgan fingerprint density at radius 3 is 2.50 bits per heavy atom. The van der Waals surface area contributed by atoms with E-state index in [1.54, 1.807) is 7.11 Å². The van der Waals surface area contributed by atoms with Crippen molar-refractivity contribution < 1.29 is 14.6 Å². The highest BCUT2D eigenvalue weighted by atomic mass is 16.5. The van der Waals surface area contributed by atoms with E-state index in [0.29, 0.717) is 24.4 Å². The van der Waals surface area contributed by atoms with Crippen molar-refractivity contribution in [2.24, 2.45) is 0 Å². The topological polar surface area (TPSA) is 72.3 Å². The first-order valence-corrected chi connectivity index (χ1v) is 9.98. The number of carbonyl (C=O) groups is 1. The predicted molar refractivity (Wildman–Crippen MR) is 119 cm³/mol. The Morgan fingerprint density at radius 2 is 1.80 bits per heavy atom. The predicted octanol–water partition coefficient (Wildman–Crippen LogP) is 5.27. The smallest absolute Gasteiger partial charge is 0.311 e. The van der Waals surface area contributed by atoms with Crippen LogP contribution in [0, 0.1) is 13.8 Å². The highest BCUT2D eigenvalue weighted by molar-refractivity contribution is 6.02. The SMILES string of the molecule is COCCC(C(=O)O)c1c(C)nc2nc3ccccc3cc2c1-c1ccc(C)cc1. The Hall–Kier alpha value is -3.31. The van der Waals surface area contributed by atoms with Gasteiger partial charge in [-0.2, -0.15) is 0 Å². The number of rotatable bonds is 6. The zero-order valence-electron chi connectivity index (χ0n) is 17.3. The number of aliphatic carboxylic acids is 1. The summed E-state index contributed by atoms with van der Waals surface area (Å²) in [6.07, 6.45) is 0.375. The first-order valence-electron chi connectivity index (χ1n) is 9.98. The minimum Gasteiger partial charge on any atom is -0.481 e. The van der Waals surface area contributed by atoms with Crippen LogP contribution in [0.3, 0.4) is 0 Å². The molecule has 0 saturated heterocycles. The molecule has 0 bridgehead atoms. The third kappa shape index (κ3) is 3.64. The third-order valence-corrected chi connectivity index (χ3v) is 5.50. The molecule has 152 valence electrons. The molecule has 0 radical (unpaired) electrons. The summed E-state index contributed by atoms with van der Waals surface area (Å²) in [5.41, 5.74) is 5.91. The first kappa shape index (κ1) is 20.0. The molecule has 5 heteroatoms. The fourth-order valence-electron chi connectivity index (χ4n) is 4.00. The van der Waals surface area contributed by atoms with Gasteiger partial charge in [0.25, 0.3) is 0 Å². The average molecular weight is 400 g/mol. The van der Waals surface area contributed by atoms with E-state index in [1.807, 2.05) is 62.4 Å². The second-order valence-electron chi connectivity index (χ2n) is 7.58. The molecule has 0 spiro atoms. The van der Waals surface area contributed by atoms with Gasteiger partial charge in [-0.05, 0) is 49.1 Å². The minimum atomic E-state index is -0.876. The molecule has 4 aromatic rings. The van der Waals surface area contributed by atoms with Crippen LogP contribution in [0.25, 0.3) is 33.1 Å². The second-order valence-corrected chi connectivity index (χ2v) is 7.58. The molecule has 30 heavy (non-hydrogen) atoms. The Kier molecular flexibility index (Phi) is 5.46. The zero-order valence-corrected chi connectivity index (χ0v) is 17.3. The molecule has 0 amide bonds. The van der Waals surface area contributed by atoms with Crippen molar-refractivity contribution in [3.63, 3.8) is 0 Å². The highest BCUT2D eigenvalue weighted by Crippen LogP contribution is 2.39. The van der Waals surface area contributed by atoms with Gasteiger partial charge in [-0.3, -0.25) is 4.79 Å². The van der Waals surface area contributed by atoms with Gasteiger partial charge in [0.15, 0.2) is 5.65 Å². The fraction of sp³-hybridized carbons (Fsp3) is 0.240. The summed E-state index contributed by atoms with van der Waals surface area (Å²) in [4.78, 5) is 21.7. The fourth-order valence-corrected chi connectivity index (χ4v) is 4.00. The standard InChI is InChI=1S/C25H24N2O3/c1-15-8-10-17(11-9-15)23-20-14-18-6-4-5-7-21(18)27-24(20)26-16(2)22(23)19(25(28)29)12-13-30-3/h4-11,14,19H,12-13H2,1-3H3,(H,28,29). The molecule has 0 fully saturated rings. The molecule has 1 atom stereocenters. The van der Waals surface area contributed by atoms with E-state index in [1.165, 1.54) is 0 Å². The quantitative estimate of drug-likeness (QED) is 0.446. The van der Waals surface area contributed by atoms with Crippen molar-refractivity contribution in [3.05, 3.63) is 71.4 Å². The van der Waals surface area contributed by atoms with E-state index < -0.39 is 11.9 Å². The molecule has 0 aliphatic carbocycles. The molecule has 0 aliphatic rings. The van der Waals surface area contributed by atoms with E-state index in [2.05, 4.69) is 6.07 Å². The number of aryl methyl sites for hydroxylation is 2. The van der Waals surface area contributed by atoms with Gasteiger partial charge < -0.3 is 9.84 Å². The van der Waals surface area contributed by atoms with E-state index in [9.17, 15) is 9.90 Å². The molecular formula is C25H24N2O3. The molecular weight excluding hydrogens is 376 g/mol. The third-order valence-electron chi connectivity index (χ3n) is 5.50. The summed E-state index contributed by atoms with van der Waals surface area (Å²) in [5, 5.41) is 11.9. The summed E-state index contributed by atoms with van der Waals surface area (Å²) in [5.74, 6) is -1.59. The van der Waals surface area contributed by atoms with Crippen molar-refractivity contribution >= 4 is 27.9 Å². The monoisotopic (exact) mass is 400 g/mol. The Balaban J connectivity index is 2.09. The van der Waals surface area contributed by atoms with Gasteiger partial charge >= 0.3 is 5.97 Å². The summed E-state index contributed by atoms with van der Waals surface area (Å²) in [6.45, 7) is 4.26. The average Bonchev–Trinajstić information content (AvgIpc) is 2.73. The number of methoxy groups -OCH3 is 1. The van der Waals surface area contributed by atoms with Crippen LogP contribution in [0.15, 0.2) is 54.6 Å². The molecule has 1 N–H and O–H groups in total. The second kappa shape index (κ2) is 8.20. The van der Waals surface area contributed by atoms with Gasteiger partial charge in [0.05, 0.1) is 11.4 Å². The normalized spacial score (nSPS) is 12.4. The van der Waals surface area contributed by atoms with Gasteiger partial charge in [0.2, 0.25) is 0 Å². The molecule has 0 aliphatic heterocycles. The van der Waals surface area contributed by atoms with Crippen molar-refractivity contribution in [1.82, 2.24) is 9.97 Å². The van der Waals surface area contributed by atoms with Gasteiger partial charge in [0.1, 0.15) is 0 Å². The van der Waals surface area contributed by atoms with Gasteiger partial charge in [0, 0.05) is 30.2 Å². The highest BCUT2D eigenvalue weighted by Gasteiger charge is 2.28. The number of carboxylic acid groups (broad SMARTS) is 1. The number of hydrogen-bond donors (Lipinski definition) is 1. The van der Waals surface area contributed by atoms with E-state index in [4.69, 9.17) is 14.7 Å². The first-order chi connectivity index (χ1) is 14.5. The number of aromatic nitrogens is 2. The van der Waals surface area contributed by atoms with Gasteiger partial charge in [-0.15, -0.1) is 0 Å². The number of pyridine rings is 2. The number of hydrogen-bond acceptors (Lipinski definition) is 4. The maximum Gasteiger partial charge on any atom is 0.311 e. The van der Waals surface area contributed by atoms with Crippen LogP contribution in [0.1, 0.15) is 29.2 Å². The van der Waals surface area contributed by atoms with Crippen molar-refractivity contribution in [2.75, 3.05) is 13.7 Å². The maximum atomic E-state index is 12.2. The molecule has 5 nitrogen and oxygen atoms in total. The number of ether oxygens (including phenoxy) is 1. The number of nitrogens with zero attached hydrogens (tertiary/aromatic N) is 2. The number of para-hydroxylation sites is 1. The van der Waals surface area contributed by atoms with Crippen molar-refractivity contribution in [2.45, 2.75) is 26.2 Å². The number of benzene rings is 2. The molecule has 4 rings (SSSR count). The summed E-state index contributed by atoms with van der Waals surface area (Å²) in [7, 11) is 1.58. The minimum absolute atomic E-state index is 0.359. The lowest BCUT2D eigenvalue weighted by Crippen LogP contribution is -2.17. The molecule has 0 saturated carbocycles. The van der Waals surface area contributed by atoms with Crippen LogP contribution >= 0.6 is 0 Å². The number of carboxylic acids is 1. The summed E-state index contributed by atoms with van der Waals surface area (Å²) >= 11 is 0.